The third-order valence-corrected chi connectivity index (χ3v) is 4.80. The number of nitrogens with one attached hydrogen (secondary N) is 2. The highest BCUT2D eigenvalue weighted by atomic mass is 16.5. The summed E-state index contributed by atoms with van der Waals surface area (Å²) >= 11 is 0. The van der Waals surface area contributed by atoms with Crippen molar-refractivity contribution in [3.8, 4) is 11.5 Å². The van der Waals surface area contributed by atoms with Gasteiger partial charge in [0.05, 0.1) is 14.2 Å². The molecular formula is C19H27N3O2+2. The first-order valence-corrected chi connectivity index (χ1v) is 8.55. The Bertz CT molecular complexity index is 640. The van der Waals surface area contributed by atoms with Gasteiger partial charge in [0.2, 0.25) is 0 Å². The van der Waals surface area contributed by atoms with Crippen LogP contribution in [0.5, 0.6) is 11.5 Å². The molecule has 1 saturated heterocycles. The zero-order valence-corrected chi connectivity index (χ0v) is 14.5. The van der Waals surface area contributed by atoms with E-state index in [1.807, 2.05) is 24.5 Å². The highest BCUT2D eigenvalue weighted by Gasteiger charge is 2.24. The number of piperazine rings is 1. The van der Waals surface area contributed by atoms with Crippen LogP contribution in [0.3, 0.4) is 0 Å². The molecule has 1 aromatic heterocycles. The van der Waals surface area contributed by atoms with Gasteiger partial charge < -0.3 is 19.3 Å². The van der Waals surface area contributed by atoms with E-state index in [1.165, 1.54) is 37.3 Å². The monoisotopic (exact) mass is 329 g/mol. The lowest BCUT2D eigenvalue weighted by atomic mass is 10.1. The van der Waals surface area contributed by atoms with Crippen LogP contribution < -0.4 is 19.3 Å². The highest BCUT2D eigenvalue weighted by Crippen LogP contribution is 2.23. The van der Waals surface area contributed by atoms with Crippen molar-refractivity contribution in [3.63, 3.8) is 0 Å². The van der Waals surface area contributed by atoms with E-state index in [9.17, 15) is 0 Å². The minimum atomic E-state index is 0.845. The average Bonchev–Trinajstić information content (AvgIpc) is 2.64. The Kier molecular flexibility index (Phi) is 5.67. The molecule has 1 aliphatic rings. The molecule has 0 aliphatic carbocycles. The Hall–Kier alpha value is -2.11. The second kappa shape index (κ2) is 8.13. The van der Waals surface area contributed by atoms with Gasteiger partial charge in [-0.2, -0.15) is 0 Å². The van der Waals surface area contributed by atoms with Crippen LogP contribution in [0, 0.1) is 0 Å². The van der Waals surface area contributed by atoms with Crippen LogP contribution in [0.15, 0.2) is 42.7 Å². The van der Waals surface area contributed by atoms with Gasteiger partial charge in [0.1, 0.15) is 50.8 Å². The lowest BCUT2D eigenvalue weighted by Gasteiger charge is -2.30. The molecule has 24 heavy (non-hydrogen) atoms. The number of benzene rings is 1. The SMILES string of the molecule is COc1ccc(C[NH+]2CC[NH+](Cc3ccncc3)CC2)c(OC)c1. The quantitative estimate of drug-likeness (QED) is 0.756. The number of nitrogens with zero attached hydrogens (tertiary/aromatic N) is 1. The van der Waals surface area contributed by atoms with E-state index in [1.54, 1.807) is 24.0 Å². The van der Waals surface area contributed by atoms with Gasteiger partial charge in [-0.25, -0.2) is 0 Å². The molecule has 0 saturated carbocycles. The minimum Gasteiger partial charge on any atom is -0.497 e. The Balaban J connectivity index is 1.54. The largest absolute Gasteiger partial charge is 0.497 e. The topological polar surface area (TPSA) is 40.2 Å². The molecule has 3 rings (SSSR count). The van der Waals surface area contributed by atoms with Crippen molar-refractivity contribution in [3.05, 3.63) is 53.9 Å². The lowest BCUT2D eigenvalue weighted by molar-refractivity contribution is -1.02. The molecule has 0 atom stereocenters. The van der Waals surface area contributed by atoms with Crippen molar-refractivity contribution in [1.82, 2.24) is 4.98 Å². The lowest BCUT2D eigenvalue weighted by Crippen LogP contribution is -3.27. The van der Waals surface area contributed by atoms with Crippen LogP contribution in [-0.4, -0.2) is 45.4 Å². The maximum atomic E-state index is 5.53. The van der Waals surface area contributed by atoms with Gasteiger partial charge in [0.15, 0.2) is 0 Å². The van der Waals surface area contributed by atoms with E-state index in [0.717, 1.165) is 24.6 Å². The molecule has 1 aliphatic heterocycles. The fourth-order valence-electron chi connectivity index (χ4n) is 3.37. The summed E-state index contributed by atoms with van der Waals surface area (Å²) in [5, 5.41) is 0. The van der Waals surface area contributed by atoms with Crippen molar-refractivity contribution in [2.75, 3.05) is 40.4 Å². The first-order chi connectivity index (χ1) is 11.8. The fraction of sp³-hybridized carbons (Fsp3) is 0.421. The van der Waals surface area contributed by atoms with Gasteiger partial charge in [0, 0.05) is 29.6 Å². The van der Waals surface area contributed by atoms with Gasteiger partial charge >= 0.3 is 0 Å². The Morgan fingerprint density at radius 2 is 1.54 bits per heavy atom. The third-order valence-electron chi connectivity index (χ3n) is 4.80. The summed E-state index contributed by atoms with van der Waals surface area (Å²) in [6.07, 6.45) is 3.76. The van der Waals surface area contributed by atoms with Gasteiger partial charge in [-0.05, 0) is 24.3 Å². The number of hydrogen-bond donors (Lipinski definition) is 2. The molecule has 0 amide bonds. The molecule has 0 radical (unpaired) electrons. The van der Waals surface area contributed by atoms with Crippen LogP contribution >= 0.6 is 0 Å². The first-order valence-electron chi connectivity index (χ1n) is 8.55. The number of ether oxygens (including phenoxy) is 2. The molecule has 1 fully saturated rings. The Morgan fingerprint density at radius 3 is 2.17 bits per heavy atom. The number of quaternary nitrogens is 2. The highest BCUT2D eigenvalue weighted by molar-refractivity contribution is 5.40. The van der Waals surface area contributed by atoms with Crippen molar-refractivity contribution < 1.29 is 19.3 Å². The summed E-state index contributed by atoms with van der Waals surface area (Å²) in [5.41, 5.74) is 2.63. The van der Waals surface area contributed by atoms with E-state index in [2.05, 4.69) is 23.2 Å². The zero-order valence-electron chi connectivity index (χ0n) is 14.5. The molecule has 5 heteroatoms. The molecule has 2 N–H and O–H groups in total. The van der Waals surface area contributed by atoms with E-state index in [4.69, 9.17) is 9.47 Å². The van der Waals surface area contributed by atoms with Crippen LogP contribution in [0.2, 0.25) is 0 Å². The van der Waals surface area contributed by atoms with Gasteiger partial charge in [-0.15, -0.1) is 0 Å². The van der Waals surface area contributed by atoms with Crippen LogP contribution in [0.25, 0.3) is 0 Å². The number of pyridine rings is 1. The van der Waals surface area contributed by atoms with Crippen LogP contribution in [0.4, 0.5) is 0 Å². The summed E-state index contributed by atoms with van der Waals surface area (Å²) in [4.78, 5) is 7.37. The standard InChI is InChI=1S/C19H25N3O2/c1-23-18-4-3-17(19(13-18)24-2)15-22-11-9-21(10-12-22)14-16-5-7-20-8-6-16/h3-8,13H,9-12,14-15H2,1-2H3/p+2. The Morgan fingerprint density at radius 1 is 0.875 bits per heavy atom. The van der Waals surface area contributed by atoms with E-state index < -0.39 is 0 Å². The second-order valence-corrected chi connectivity index (χ2v) is 6.39. The van der Waals surface area contributed by atoms with Crippen LogP contribution in [-0.2, 0) is 13.1 Å². The third kappa shape index (κ3) is 4.24. The number of hydrogen-bond acceptors (Lipinski definition) is 3. The predicted molar refractivity (Wildman–Crippen MR) is 92.6 cm³/mol. The van der Waals surface area contributed by atoms with E-state index in [-0.39, 0.29) is 0 Å². The predicted octanol–water partition coefficient (Wildman–Crippen LogP) is -0.418. The maximum absolute atomic E-state index is 5.53. The van der Waals surface area contributed by atoms with Gasteiger partial charge in [-0.3, -0.25) is 4.98 Å². The minimum absolute atomic E-state index is 0.845. The van der Waals surface area contributed by atoms with Gasteiger partial charge in [0.25, 0.3) is 0 Å². The number of methoxy groups -OCH3 is 2. The molecule has 0 bridgehead atoms. The summed E-state index contributed by atoms with van der Waals surface area (Å²) in [7, 11) is 3.41. The second-order valence-electron chi connectivity index (χ2n) is 6.39. The summed E-state index contributed by atoms with van der Waals surface area (Å²) in [6, 6.07) is 10.4. The molecule has 2 heterocycles. The average molecular weight is 329 g/mol. The van der Waals surface area contributed by atoms with Crippen molar-refractivity contribution in [2.45, 2.75) is 13.1 Å². The molecule has 5 nitrogen and oxygen atoms in total. The normalized spacial score (nSPS) is 20.6. The van der Waals surface area contributed by atoms with Crippen molar-refractivity contribution in [1.29, 1.82) is 0 Å². The zero-order chi connectivity index (χ0) is 16.8. The molecule has 0 unspecified atom stereocenters. The fourth-order valence-corrected chi connectivity index (χ4v) is 3.37. The summed E-state index contributed by atoms with van der Waals surface area (Å²) in [6.45, 7) is 6.90. The van der Waals surface area contributed by atoms with Crippen molar-refractivity contribution >= 4 is 0 Å². The maximum Gasteiger partial charge on any atom is 0.131 e. The molecule has 128 valence electrons. The summed E-state index contributed by atoms with van der Waals surface area (Å²) < 4.78 is 10.8. The summed E-state index contributed by atoms with van der Waals surface area (Å²) in [5.74, 6) is 1.77. The molecule has 2 aromatic rings. The number of aromatic nitrogens is 1. The van der Waals surface area contributed by atoms with Crippen molar-refractivity contribution in [2.24, 2.45) is 0 Å². The van der Waals surface area contributed by atoms with E-state index in [0.29, 0.717) is 0 Å². The van der Waals surface area contributed by atoms with Gasteiger partial charge in [-0.1, -0.05) is 0 Å². The van der Waals surface area contributed by atoms with Crippen LogP contribution in [0.1, 0.15) is 11.1 Å². The van der Waals surface area contributed by atoms with E-state index >= 15 is 0 Å². The molecule has 1 aromatic carbocycles. The molecule has 0 spiro atoms. The molecular weight excluding hydrogens is 302 g/mol. The Labute approximate surface area is 143 Å². The first kappa shape index (κ1) is 16.7. The number of rotatable bonds is 6. The smallest absolute Gasteiger partial charge is 0.131 e.